The summed E-state index contributed by atoms with van der Waals surface area (Å²) in [5.74, 6) is 2.38. The zero-order valence-corrected chi connectivity index (χ0v) is 13.4. The van der Waals surface area contributed by atoms with E-state index >= 15 is 0 Å². The maximum Gasteiger partial charge on any atom is 0.269 e. The van der Waals surface area contributed by atoms with Crippen molar-refractivity contribution >= 4 is 11.5 Å². The average Bonchev–Trinajstić information content (AvgIpc) is 3.36. The van der Waals surface area contributed by atoms with Gasteiger partial charge in [0, 0.05) is 43.0 Å². The molecule has 0 amide bonds. The van der Waals surface area contributed by atoms with Crippen molar-refractivity contribution in [2.24, 2.45) is 5.92 Å². The first-order valence-electron chi connectivity index (χ1n) is 7.84. The van der Waals surface area contributed by atoms with Crippen molar-refractivity contribution in [1.29, 1.82) is 0 Å². The van der Waals surface area contributed by atoms with E-state index in [-0.39, 0.29) is 5.69 Å². The molecule has 0 spiro atoms. The molecule has 6 heteroatoms. The normalized spacial score (nSPS) is 13.8. The summed E-state index contributed by atoms with van der Waals surface area (Å²) in [6, 6.07) is 8.33. The fourth-order valence-electron chi connectivity index (χ4n) is 2.51. The minimum absolute atomic E-state index is 0.0724. The molecule has 1 saturated carbocycles. The Morgan fingerprint density at radius 1 is 1.26 bits per heavy atom. The SMILES string of the molecule is Cc1cc(N(C)CCC2CC2)nc(-c2ccc([N+](=O)[O-])cc2)n1. The third kappa shape index (κ3) is 3.83. The zero-order valence-electron chi connectivity index (χ0n) is 13.4. The van der Waals surface area contributed by atoms with Crippen LogP contribution in [0.5, 0.6) is 0 Å². The number of non-ortho nitro benzene ring substituents is 1. The van der Waals surface area contributed by atoms with Gasteiger partial charge < -0.3 is 4.90 Å². The first-order chi connectivity index (χ1) is 11.0. The molecule has 0 atom stereocenters. The number of nitro groups is 1. The van der Waals surface area contributed by atoms with Crippen LogP contribution in [0.25, 0.3) is 11.4 Å². The summed E-state index contributed by atoms with van der Waals surface area (Å²) in [5.41, 5.74) is 1.75. The van der Waals surface area contributed by atoms with Crippen molar-refractivity contribution in [3.05, 3.63) is 46.1 Å². The van der Waals surface area contributed by atoms with Crippen molar-refractivity contribution in [2.45, 2.75) is 26.2 Å². The summed E-state index contributed by atoms with van der Waals surface area (Å²) in [6.45, 7) is 2.93. The van der Waals surface area contributed by atoms with E-state index in [1.807, 2.05) is 20.0 Å². The Morgan fingerprint density at radius 2 is 1.96 bits per heavy atom. The van der Waals surface area contributed by atoms with Gasteiger partial charge in [0.2, 0.25) is 0 Å². The Kier molecular flexibility index (Phi) is 4.23. The van der Waals surface area contributed by atoms with Crippen molar-refractivity contribution in [2.75, 3.05) is 18.5 Å². The standard InChI is InChI=1S/C17H20N4O2/c1-12-11-16(20(2)10-9-13-3-4-13)19-17(18-12)14-5-7-15(8-6-14)21(22)23/h5-8,11,13H,3-4,9-10H2,1-2H3. The molecule has 0 bridgehead atoms. The quantitative estimate of drug-likeness (QED) is 0.602. The van der Waals surface area contributed by atoms with Crippen LogP contribution in [0.15, 0.2) is 30.3 Å². The molecule has 0 saturated heterocycles. The van der Waals surface area contributed by atoms with Crippen molar-refractivity contribution in [3.63, 3.8) is 0 Å². The van der Waals surface area contributed by atoms with Gasteiger partial charge >= 0.3 is 0 Å². The molecular formula is C17H20N4O2. The second-order valence-electron chi connectivity index (χ2n) is 6.15. The number of anilines is 1. The van der Waals surface area contributed by atoms with Gasteiger partial charge in [0.25, 0.3) is 5.69 Å². The predicted molar refractivity (Wildman–Crippen MR) is 89.5 cm³/mol. The summed E-state index contributed by atoms with van der Waals surface area (Å²) in [7, 11) is 2.05. The molecule has 1 aliphatic rings. The molecule has 1 aromatic carbocycles. The number of nitrogens with zero attached hydrogens (tertiary/aromatic N) is 4. The molecule has 0 unspecified atom stereocenters. The van der Waals surface area contributed by atoms with E-state index in [1.165, 1.54) is 31.4 Å². The summed E-state index contributed by atoms with van der Waals surface area (Å²) >= 11 is 0. The van der Waals surface area contributed by atoms with E-state index in [0.717, 1.165) is 29.5 Å². The smallest absolute Gasteiger partial charge is 0.269 e. The maximum absolute atomic E-state index is 10.7. The van der Waals surface area contributed by atoms with Gasteiger partial charge in [0.15, 0.2) is 5.82 Å². The Hall–Kier alpha value is -2.50. The van der Waals surface area contributed by atoms with E-state index in [4.69, 9.17) is 0 Å². The summed E-state index contributed by atoms with van der Waals surface area (Å²) in [5, 5.41) is 10.7. The first kappa shape index (κ1) is 15.4. The molecule has 0 N–H and O–H groups in total. The Labute approximate surface area is 135 Å². The van der Waals surface area contributed by atoms with Crippen molar-refractivity contribution in [3.8, 4) is 11.4 Å². The fourth-order valence-corrected chi connectivity index (χ4v) is 2.51. The monoisotopic (exact) mass is 312 g/mol. The third-order valence-electron chi connectivity index (χ3n) is 4.14. The number of aromatic nitrogens is 2. The number of nitro benzene ring substituents is 1. The van der Waals surface area contributed by atoms with Crippen LogP contribution in [0.2, 0.25) is 0 Å². The highest BCUT2D eigenvalue weighted by atomic mass is 16.6. The van der Waals surface area contributed by atoms with E-state index in [9.17, 15) is 10.1 Å². The van der Waals surface area contributed by atoms with Crippen LogP contribution >= 0.6 is 0 Å². The van der Waals surface area contributed by atoms with E-state index in [2.05, 4.69) is 14.9 Å². The molecule has 120 valence electrons. The van der Waals surface area contributed by atoms with Gasteiger partial charge in [-0.3, -0.25) is 10.1 Å². The summed E-state index contributed by atoms with van der Waals surface area (Å²) in [6.07, 6.45) is 3.90. The maximum atomic E-state index is 10.7. The average molecular weight is 312 g/mol. The van der Waals surface area contributed by atoms with Crippen LogP contribution in [0, 0.1) is 23.0 Å². The highest BCUT2D eigenvalue weighted by molar-refractivity contribution is 5.59. The molecule has 6 nitrogen and oxygen atoms in total. The highest BCUT2D eigenvalue weighted by Gasteiger charge is 2.21. The van der Waals surface area contributed by atoms with Gasteiger partial charge in [-0.05, 0) is 31.4 Å². The lowest BCUT2D eigenvalue weighted by Crippen LogP contribution is -2.20. The van der Waals surface area contributed by atoms with Gasteiger partial charge in [-0.15, -0.1) is 0 Å². The van der Waals surface area contributed by atoms with Crippen LogP contribution in [0.3, 0.4) is 0 Å². The highest BCUT2D eigenvalue weighted by Crippen LogP contribution is 2.32. The number of aryl methyl sites for hydroxylation is 1. The molecule has 1 fully saturated rings. The van der Waals surface area contributed by atoms with Crippen LogP contribution in [-0.4, -0.2) is 28.5 Å². The molecule has 1 aliphatic carbocycles. The largest absolute Gasteiger partial charge is 0.360 e. The van der Waals surface area contributed by atoms with Gasteiger partial charge in [-0.2, -0.15) is 0 Å². The van der Waals surface area contributed by atoms with Crippen LogP contribution in [-0.2, 0) is 0 Å². The van der Waals surface area contributed by atoms with E-state index in [0.29, 0.717) is 5.82 Å². The van der Waals surface area contributed by atoms with Crippen LogP contribution in [0.4, 0.5) is 11.5 Å². The van der Waals surface area contributed by atoms with Gasteiger partial charge in [0.1, 0.15) is 5.82 Å². The lowest BCUT2D eigenvalue weighted by Gasteiger charge is -2.19. The first-order valence-corrected chi connectivity index (χ1v) is 7.84. The van der Waals surface area contributed by atoms with Crippen molar-refractivity contribution in [1.82, 2.24) is 9.97 Å². The predicted octanol–water partition coefficient (Wildman–Crippen LogP) is 3.60. The van der Waals surface area contributed by atoms with Crippen LogP contribution in [0.1, 0.15) is 25.0 Å². The topological polar surface area (TPSA) is 72.2 Å². The number of hydrogen-bond donors (Lipinski definition) is 0. The molecule has 3 rings (SSSR count). The van der Waals surface area contributed by atoms with Gasteiger partial charge in [-0.1, -0.05) is 12.8 Å². The summed E-state index contributed by atoms with van der Waals surface area (Å²) < 4.78 is 0. The minimum Gasteiger partial charge on any atom is -0.360 e. The number of rotatable bonds is 6. The lowest BCUT2D eigenvalue weighted by molar-refractivity contribution is -0.384. The molecule has 23 heavy (non-hydrogen) atoms. The minimum atomic E-state index is -0.405. The van der Waals surface area contributed by atoms with Gasteiger partial charge in [0.05, 0.1) is 4.92 Å². The summed E-state index contributed by atoms with van der Waals surface area (Å²) in [4.78, 5) is 21.6. The van der Waals surface area contributed by atoms with E-state index < -0.39 is 4.92 Å². The van der Waals surface area contributed by atoms with Crippen LogP contribution < -0.4 is 4.90 Å². The molecule has 2 aromatic rings. The fraction of sp³-hybridized carbons (Fsp3) is 0.412. The number of benzene rings is 1. The molecule has 0 aliphatic heterocycles. The second kappa shape index (κ2) is 6.32. The number of hydrogen-bond acceptors (Lipinski definition) is 5. The Balaban J connectivity index is 1.82. The Bertz CT molecular complexity index is 711. The van der Waals surface area contributed by atoms with Crippen molar-refractivity contribution < 1.29 is 4.92 Å². The van der Waals surface area contributed by atoms with E-state index in [1.54, 1.807) is 12.1 Å². The van der Waals surface area contributed by atoms with Gasteiger partial charge in [-0.25, -0.2) is 9.97 Å². The Morgan fingerprint density at radius 3 is 2.57 bits per heavy atom. The molecule has 1 aromatic heterocycles. The second-order valence-corrected chi connectivity index (χ2v) is 6.15. The zero-order chi connectivity index (χ0) is 16.4. The molecular weight excluding hydrogens is 292 g/mol. The molecule has 0 radical (unpaired) electrons. The lowest BCUT2D eigenvalue weighted by atomic mass is 10.2. The third-order valence-corrected chi connectivity index (χ3v) is 4.14. The molecule has 1 heterocycles.